The number of alkyl halides is 3. The van der Waals surface area contributed by atoms with E-state index in [9.17, 15) is 27.9 Å². The molecular weight excluding hydrogens is 489 g/mol. The van der Waals surface area contributed by atoms with Gasteiger partial charge in [-0.15, -0.1) is 0 Å². The smallest absolute Gasteiger partial charge is 0.416 e. The van der Waals surface area contributed by atoms with Crippen LogP contribution in [0.3, 0.4) is 0 Å². The fourth-order valence-corrected chi connectivity index (χ4v) is 3.70. The molecule has 0 saturated carbocycles. The van der Waals surface area contributed by atoms with Gasteiger partial charge in [-0.1, -0.05) is 26.0 Å². The number of carbonyl (C=O) groups excluding carboxylic acids is 2. The van der Waals surface area contributed by atoms with Gasteiger partial charge in [-0.25, -0.2) is 14.8 Å². The monoisotopic (exact) mass is 518 g/mol. The van der Waals surface area contributed by atoms with Crippen molar-refractivity contribution >= 4 is 28.9 Å². The number of aliphatic hydroxyl groups excluding tert-OH is 1. The van der Waals surface area contributed by atoms with Crippen molar-refractivity contribution in [2.24, 2.45) is 5.41 Å². The fourth-order valence-electron chi connectivity index (χ4n) is 3.70. The summed E-state index contributed by atoms with van der Waals surface area (Å²) in [5.74, 6) is 0.231. The van der Waals surface area contributed by atoms with Crippen LogP contribution in [0.2, 0.25) is 0 Å². The number of rotatable bonds is 8. The number of allylic oxidation sites excluding steroid dienone is 4. The summed E-state index contributed by atoms with van der Waals surface area (Å²) in [5.41, 5.74) is -0.153. The molecule has 0 aliphatic heterocycles. The molecule has 0 atom stereocenters. The lowest BCUT2D eigenvalue weighted by Crippen LogP contribution is -2.23. The molecule has 11 heteroatoms. The highest BCUT2D eigenvalue weighted by Gasteiger charge is 2.35. The number of aryl methyl sites for hydroxylation is 1. The molecule has 0 radical (unpaired) electrons. The summed E-state index contributed by atoms with van der Waals surface area (Å²) in [4.78, 5) is 33.1. The van der Waals surface area contributed by atoms with Crippen LogP contribution in [0, 0.1) is 12.3 Å². The molecule has 3 N–H and O–H groups in total. The predicted octanol–water partition coefficient (Wildman–Crippen LogP) is 5.29. The molecule has 1 aliphatic carbocycles. The molecule has 3 rings (SSSR count). The maximum atomic E-state index is 13.7. The van der Waals surface area contributed by atoms with Gasteiger partial charge in [0.2, 0.25) is 5.78 Å². The van der Waals surface area contributed by atoms with Crippen LogP contribution in [-0.2, 0) is 22.1 Å². The number of urea groups is 1. The van der Waals surface area contributed by atoms with Gasteiger partial charge in [-0.05, 0) is 49.5 Å². The first-order chi connectivity index (χ1) is 17.3. The normalized spacial score (nSPS) is 14.1. The van der Waals surface area contributed by atoms with Gasteiger partial charge in [-0.3, -0.25) is 10.1 Å². The Kier molecular flexibility index (Phi) is 8.37. The number of ketones is 1. The number of halogens is 3. The predicted molar refractivity (Wildman–Crippen MR) is 133 cm³/mol. The van der Waals surface area contributed by atoms with Crippen molar-refractivity contribution in [1.82, 2.24) is 9.97 Å². The molecule has 0 spiro atoms. The highest BCUT2D eigenvalue weighted by molar-refractivity contribution is 6.01. The summed E-state index contributed by atoms with van der Waals surface area (Å²) in [6.45, 7) is 6.80. The molecule has 0 unspecified atom stereocenters. The minimum atomic E-state index is -4.64. The lowest BCUT2D eigenvalue weighted by Gasteiger charge is -2.24. The van der Waals surface area contributed by atoms with E-state index in [4.69, 9.17) is 4.74 Å². The van der Waals surface area contributed by atoms with Crippen LogP contribution >= 0.6 is 0 Å². The van der Waals surface area contributed by atoms with Crippen molar-refractivity contribution in [3.63, 3.8) is 0 Å². The number of aromatic nitrogens is 2. The number of anilines is 2. The molecule has 37 heavy (non-hydrogen) atoms. The minimum absolute atomic E-state index is 0.0117. The second kappa shape index (κ2) is 11.1. The molecular formula is C26H29F3N4O4. The molecule has 198 valence electrons. The summed E-state index contributed by atoms with van der Waals surface area (Å²) >= 11 is 0. The Labute approximate surface area is 212 Å². The maximum absolute atomic E-state index is 13.7. The van der Waals surface area contributed by atoms with Gasteiger partial charge >= 0.3 is 12.2 Å². The van der Waals surface area contributed by atoms with E-state index in [1.54, 1.807) is 39.8 Å². The number of hydrogen-bond acceptors (Lipinski definition) is 6. The largest absolute Gasteiger partial charge is 0.490 e. The third-order valence-corrected chi connectivity index (χ3v) is 5.61. The standard InChI is InChI=1S/C26H29F3N4O4/c1-5-37-22-10-16(7-9-21(22)35)20-13-30-23(15(2)31-20)33-24(36)32-18-8-6-17(12-25(3,4)14-34)19(11-18)26(27,28)29/h6-8,10-11,13,34H,5,9,12,14H2,1-4H3,(H2,30,32,33,36). The Hall–Kier alpha value is -3.73. The molecule has 0 saturated heterocycles. The number of amides is 2. The topological polar surface area (TPSA) is 113 Å². The van der Waals surface area contributed by atoms with E-state index in [1.165, 1.54) is 18.3 Å². The summed E-state index contributed by atoms with van der Waals surface area (Å²) < 4.78 is 46.4. The van der Waals surface area contributed by atoms with Gasteiger partial charge in [0.25, 0.3) is 0 Å². The molecule has 1 aromatic heterocycles. The van der Waals surface area contributed by atoms with Crippen molar-refractivity contribution in [1.29, 1.82) is 0 Å². The van der Waals surface area contributed by atoms with Gasteiger partial charge in [0.15, 0.2) is 11.6 Å². The van der Waals surface area contributed by atoms with Crippen LogP contribution in [0.4, 0.5) is 29.5 Å². The number of carbonyl (C=O) groups is 2. The molecule has 1 heterocycles. The Morgan fingerprint density at radius 3 is 2.57 bits per heavy atom. The first-order valence-electron chi connectivity index (χ1n) is 11.6. The van der Waals surface area contributed by atoms with Crippen LogP contribution in [0.5, 0.6) is 0 Å². The number of ether oxygens (including phenoxy) is 1. The second-order valence-electron chi connectivity index (χ2n) is 9.37. The van der Waals surface area contributed by atoms with Gasteiger partial charge < -0.3 is 15.2 Å². The second-order valence-corrected chi connectivity index (χ2v) is 9.37. The molecule has 1 aromatic carbocycles. The zero-order valence-corrected chi connectivity index (χ0v) is 21.0. The average molecular weight is 519 g/mol. The molecule has 0 bridgehead atoms. The number of hydrogen-bond donors (Lipinski definition) is 3. The first kappa shape index (κ1) is 27.9. The molecule has 0 fully saturated rings. The van der Waals surface area contributed by atoms with E-state index >= 15 is 0 Å². The number of benzene rings is 1. The van der Waals surface area contributed by atoms with Gasteiger partial charge in [0.1, 0.15) is 0 Å². The quantitative estimate of drug-likeness (QED) is 0.438. The summed E-state index contributed by atoms with van der Waals surface area (Å²) in [6.07, 6.45) is 0.254. The SMILES string of the molecule is CCOC1=CC(c2cnc(NC(=O)Nc3ccc(CC(C)(C)CO)c(C(F)(F)F)c3)c(C)n2)=CCC1=O. The number of aliphatic hydroxyl groups is 1. The van der Waals surface area contributed by atoms with E-state index < -0.39 is 23.2 Å². The molecule has 2 amide bonds. The van der Waals surface area contributed by atoms with Crippen LogP contribution in [0.15, 0.2) is 42.3 Å². The Morgan fingerprint density at radius 1 is 1.22 bits per heavy atom. The highest BCUT2D eigenvalue weighted by Crippen LogP contribution is 2.36. The lowest BCUT2D eigenvalue weighted by molar-refractivity contribution is -0.138. The highest BCUT2D eigenvalue weighted by atomic mass is 19.4. The van der Waals surface area contributed by atoms with E-state index in [-0.39, 0.29) is 48.1 Å². The van der Waals surface area contributed by atoms with Crippen molar-refractivity contribution in [2.45, 2.75) is 46.7 Å². The third-order valence-electron chi connectivity index (χ3n) is 5.61. The van der Waals surface area contributed by atoms with Crippen molar-refractivity contribution < 1.29 is 32.6 Å². The van der Waals surface area contributed by atoms with E-state index in [0.29, 0.717) is 23.6 Å². The third kappa shape index (κ3) is 7.16. The Morgan fingerprint density at radius 2 is 1.95 bits per heavy atom. The average Bonchev–Trinajstić information content (AvgIpc) is 2.82. The van der Waals surface area contributed by atoms with E-state index in [0.717, 1.165) is 6.07 Å². The van der Waals surface area contributed by atoms with Gasteiger partial charge in [-0.2, -0.15) is 13.2 Å². The van der Waals surface area contributed by atoms with Crippen molar-refractivity contribution in [3.8, 4) is 0 Å². The molecule has 8 nitrogen and oxygen atoms in total. The van der Waals surface area contributed by atoms with E-state index in [1.807, 2.05) is 0 Å². The summed E-state index contributed by atoms with van der Waals surface area (Å²) in [6, 6.07) is 2.74. The number of Topliss-reactive ketones (excluding diaryl/α,β-unsaturated/α-hetero) is 1. The maximum Gasteiger partial charge on any atom is 0.416 e. The van der Waals surface area contributed by atoms with Crippen LogP contribution in [-0.4, -0.2) is 40.1 Å². The van der Waals surface area contributed by atoms with Gasteiger partial charge in [0.05, 0.1) is 29.8 Å². The summed E-state index contributed by atoms with van der Waals surface area (Å²) in [7, 11) is 0. The van der Waals surface area contributed by atoms with E-state index in [2.05, 4.69) is 20.6 Å². The Bertz CT molecular complexity index is 1250. The van der Waals surface area contributed by atoms with Crippen molar-refractivity contribution in [2.75, 3.05) is 23.8 Å². The fraction of sp³-hybridized carbons (Fsp3) is 0.385. The van der Waals surface area contributed by atoms with Crippen LogP contribution < -0.4 is 10.6 Å². The molecule has 2 aromatic rings. The number of nitrogens with one attached hydrogen (secondary N) is 2. The summed E-state index contributed by atoms with van der Waals surface area (Å²) in [5, 5.41) is 14.3. The van der Waals surface area contributed by atoms with Gasteiger partial charge in [0, 0.05) is 24.3 Å². The van der Waals surface area contributed by atoms with Crippen LogP contribution in [0.1, 0.15) is 49.7 Å². The van der Waals surface area contributed by atoms with Crippen molar-refractivity contribution in [3.05, 3.63) is 64.8 Å². The molecule has 1 aliphatic rings. The number of nitrogens with zero attached hydrogens (tertiary/aromatic N) is 2. The minimum Gasteiger partial charge on any atom is -0.490 e. The van der Waals surface area contributed by atoms with Crippen LogP contribution in [0.25, 0.3) is 5.57 Å². The Balaban J connectivity index is 1.75. The first-order valence-corrected chi connectivity index (χ1v) is 11.6. The lowest BCUT2D eigenvalue weighted by atomic mass is 9.85. The zero-order valence-electron chi connectivity index (χ0n) is 21.0. The zero-order chi connectivity index (χ0) is 27.4.